The van der Waals surface area contributed by atoms with E-state index < -0.39 is 10.0 Å². The van der Waals surface area contributed by atoms with Crippen molar-refractivity contribution in [2.45, 2.75) is 24.9 Å². The fourth-order valence-electron chi connectivity index (χ4n) is 1.42. The topological polar surface area (TPSA) is 68.1 Å². The molecule has 0 N–H and O–H groups in total. The Morgan fingerprint density at radius 1 is 1.59 bits per heavy atom. The van der Waals surface area contributed by atoms with Crippen LogP contribution in [0.3, 0.4) is 0 Å². The number of hydrogen-bond acceptors (Lipinski definition) is 4. The maximum absolute atomic E-state index is 12.4. The zero-order valence-electron chi connectivity index (χ0n) is 9.96. The lowest BCUT2D eigenvalue weighted by Gasteiger charge is -2.24. The fraction of sp³-hybridized carbons (Fsp3) is 0.556. The van der Waals surface area contributed by atoms with Crippen molar-refractivity contribution in [1.29, 1.82) is 0 Å². The zero-order valence-corrected chi connectivity index (χ0v) is 12.4. The molecule has 0 bridgehead atoms. The van der Waals surface area contributed by atoms with Crippen LogP contribution < -0.4 is 0 Å². The predicted octanol–water partition coefficient (Wildman–Crippen LogP) is 1.16. The van der Waals surface area contributed by atoms with Crippen LogP contribution in [0.25, 0.3) is 0 Å². The van der Waals surface area contributed by atoms with Gasteiger partial charge >= 0.3 is 0 Å². The first-order chi connectivity index (χ1) is 7.82. The summed E-state index contributed by atoms with van der Waals surface area (Å²) in [4.78, 5) is 0. The third-order valence-electron chi connectivity index (χ3n) is 2.18. The van der Waals surface area contributed by atoms with E-state index in [1.165, 1.54) is 16.0 Å². The molecule has 0 amide bonds. The average molecular weight is 323 g/mol. The summed E-state index contributed by atoms with van der Waals surface area (Å²) in [6.45, 7) is 7.42. The first kappa shape index (κ1) is 14.3. The fourth-order valence-corrected chi connectivity index (χ4v) is 4.07. The minimum Gasteiger partial charge on any atom is -0.235 e. The second kappa shape index (κ2) is 5.28. The molecule has 0 aliphatic carbocycles. The molecule has 0 radical (unpaired) electrons. The van der Waals surface area contributed by atoms with Crippen molar-refractivity contribution < 1.29 is 8.42 Å². The van der Waals surface area contributed by atoms with Crippen LogP contribution in [0.5, 0.6) is 0 Å². The van der Waals surface area contributed by atoms with Gasteiger partial charge in [0.2, 0.25) is 5.03 Å². The van der Waals surface area contributed by atoms with Crippen LogP contribution in [0.2, 0.25) is 0 Å². The summed E-state index contributed by atoms with van der Waals surface area (Å²) in [5.41, 5.74) is 0. The van der Waals surface area contributed by atoms with Crippen LogP contribution >= 0.6 is 15.9 Å². The van der Waals surface area contributed by atoms with Crippen LogP contribution in [-0.4, -0.2) is 40.3 Å². The van der Waals surface area contributed by atoms with Crippen molar-refractivity contribution in [2.24, 2.45) is 7.05 Å². The molecule has 0 unspecified atom stereocenters. The highest BCUT2D eigenvalue weighted by molar-refractivity contribution is 9.10. The summed E-state index contributed by atoms with van der Waals surface area (Å²) in [6.07, 6.45) is 1.55. The second-order valence-electron chi connectivity index (χ2n) is 3.77. The normalized spacial score (nSPS) is 12.4. The predicted molar refractivity (Wildman–Crippen MR) is 67.9 cm³/mol. The van der Waals surface area contributed by atoms with Crippen molar-refractivity contribution in [2.75, 3.05) is 6.54 Å². The average Bonchev–Trinajstić information content (AvgIpc) is 2.54. The number of aromatic nitrogens is 3. The molecule has 17 heavy (non-hydrogen) atoms. The third-order valence-corrected chi connectivity index (χ3v) is 5.11. The van der Waals surface area contributed by atoms with Gasteiger partial charge in [-0.15, -0.1) is 11.7 Å². The summed E-state index contributed by atoms with van der Waals surface area (Å²) in [6, 6.07) is -0.167. The lowest BCUT2D eigenvalue weighted by atomic mass is 10.4. The van der Waals surface area contributed by atoms with E-state index in [1.54, 1.807) is 19.9 Å². The van der Waals surface area contributed by atoms with Crippen LogP contribution in [0.15, 0.2) is 22.3 Å². The quantitative estimate of drug-likeness (QED) is 0.763. The first-order valence-corrected chi connectivity index (χ1v) is 7.23. The van der Waals surface area contributed by atoms with Crippen LogP contribution in [0, 0.1) is 0 Å². The van der Waals surface area contributed by atoms with Gasteiger partial charge in [-0.3, -0.25) is 0 Å². The lowest BCUT2D eigenvalue weighted by Crippen LogP contribution is -2.38. The molecule has 96 valence electrons. The molecular weight excluding hydrogens is 308 g/mol. The van der Waals surface area contributed by atoms with Crippen molar-refractivity contribution in [3.63, 3.8) is 0 Å². The SMILES string of the molecule is C=CCN(C(C)C)S(=O)(=O)c1c(Br)nnn1C. The van der Waals surface area contributed by atoms with Crippen LogP contribution in [-0.2, 0) is 17.1 Å². The first-order valence-electron chi connectivity index (χ1n) is 5.00. The molecule has 0 saturated heterocycles. The number of hydrogen-bond donors (Lipinski definition) is 0. The Morgan fingerprint density at radius 3 is 2.53 bits per heavy atom. The maximum Gasteiger partial charge on any atom is 0.263 e. The van der Waals surface area contributed by atoms with Crippen molar-refractivity contribution in [3.05, 3.63) is 17.3 Å². The highest BCUT2D eigenvalue weighted by Crippen LogP contribution is 2.23. The molecule has 1 rings (SSSR count). The van der Waals surface area contributed by atoms with Gasteiger partial charge in [0, 0.05) is 19.6 Å². The second-order valence-corrected chi connectivity index (χ2v) is 6.32. The third kappa shape index (κ3) is 2.75. The molecule has 8 heteroatoms. The monoisotopic (exact) mass is 322 g/mol. The zero-order chi connectivity index (χ0) is 13.2. The van der Waals surface area contributed by atoms with Crippen molar-refractivity contribution >= 4 is 26.0 Å². The standard InChI is InChI=1S/C9H15BrN4O2S/c1-5-6-14(7(2)3)17(15,16)9-8(10)11-12-13(9)4/h5,7H,1,6H2,2-4H3. The molecule has 0 atom stereocenters. The molecule has 0 saturated carbocycles. The van der Waals surface area contributed by atoms with Gasteiger partial charge in [-0.1, -0.05) is 11.3 Å². The molecule has 6 nitrogen and oxygen atoms in total. The van der Waals surface area contributed by atoms with E-state index in [9.17, 15) is 8.42 Å². The summed E-state index contributed by atoms with van der Waals surface area (Å²) in [7, 11) is -2.09. The summed E-state index contributed by atoms with van der Waals surface area (Å²) in [5, 5.41) is 7.40. The molecule has 0 aliphatic rings. The molecule has 0 spiro atoms. The van der Waals surface area contributed by atoms with E-state index in [-0.39, 0.29) is 22.2 Å². The van der Waals surface area contributed by atoms with Gasteiger partial charge < -0.3 is 0 Å². The van der Waals surface area contributed by atoms with Gasteiger partial charge in [0.25, 0.3) is 10.0 Å². The molecule has 1 heterocycles. The number of nitrogens with zero attached hydrogens (tertiary/aromatic N) is 4. The Balaban J connectivity index is 3.31. The molecule has 1 aromatic rings. The smallest absolute Gasteiger partial charge is 0.235 e. The molecule has 0 fully saturated rings. The summed E-state index contributed by atoms with van der Waals surface area (Å²) < 4.78 is 27.6. The van der Waals surface area contributed by atoms with Gasteiger partial charge in [-0.05, 0) is 29.8 Å². The molecule has 0 aliphatic heterocycles. The van der Waals surface area contributed by atoms with E-state index in [4.69, 9.17) is 0 Å². The number of rotatable bonds is 5. The van der Waals surface area contributed by atoms with E-state index in [1.807, 2.05) is 0 Å². The molecule has 0 aromatic carbocycles. The highest BCUT2D eigenvalue weighted by Gasteiger charge is 2.31. The minimum absolute atomic E-state index is 0.0491. The van der Waals surface area contributed by atoms with E-state index in [0.717, 1.165) is 0 Å². The van der Waals surface area contributed by atoms with Crippen LogP contribution in [0.4, 0.5) is 0 Å². The summed E-state index contributed by atoms with van der Waals surface area (Å²) in [5.74, 6) is 0. The molecular formula is C9H15BrN4O2S. The van der Waals surface area contributed by atoms with E-state index in [2.05, 4.69) is 32.8 Å². The van der Waals surface area contributed by atoms with Crippen molar-refractivity contribution in [1.82, 2.24) is 19.3 Å². The van der Waals surface area contributed by atoms with Crippen molar-refractivity contribution in [3.8, 4) is 0 Å². The lowest BCUT2D eigenvalue weighted by molar-refractivity contribution is 0.378. The summed E-state index contributed by atoms with van der Waals surface area (Å²) >= 11 is 3.10. The number of halogens is 1. The van der Waals surface area contributed by atoms with Gasteiger partial charge in [-0.2, -0.15) is 4.31 Å². The Kier molecular flexibility index (Phi) is 4.45. The Bertz CT molecular complexity index is 490. The Morgan fingerprint density at radius 2 is 2.18 bits per heavy atom. The Labute approximate surface area is 109 Å². The highest BCUT2D eigenvalue weighted by atomic mass is 79.9. The van der Waals surface area contributed by atoms with Gasteiger partial charge in [0.05, 0.1) is 0 Å². The number of sulfonamides is 1. The van der Waals surface area contributed by atoms with Gasteiger partial charge in [0.1, 0.15) is 0 Å². The Hall–Kier alpha value is -0.730. The number of aryl methyl sites for hydroxylation is 1. The molecule has 1 aromatic heterocycles. The van der Waals surface area contributed by atoms with Crippen LogP contribution in [0.1, 0.15) is 13.8 Å². The maximum atomic E-state index is 12.4. The van der Waals surface area contributed by atoms with Gasteiger partial charge in [-0.25, -0.2) is 13.1 Å². The van der Waals surface area contributed by atoms with Gasteiger partial charge in [0.15, 0.2) is 4.60 Å². The van der Waals surface area contributed by atoms with E-state index in [0.29, 0.717) is 0 Å². The minimum atomic E-state index is -3.63. The largest absolute Gasteiger partial charge is 0.263 e. The van der Waals surface area contributed by atoms with E-state index >= 15 is 0 Å².